The summed E-state index contributed by atoms with van der Waals surface area (Å²) in [5, 5.41) is 3.07. The van der Waals surface area contributed by atoms with E-state index >= 15 is 0 Å². The van der Waals surface area contributed by atoms with E-state index in [0.717, 1.165) is 16.8 Å². The first kappa shape index (κ1) is 17.9. The minimum Gasteiger partial charge on any atom is -0.387 e. The normalized spacial score (nSPS) is 11.8. The molecule has 0 radical (unpaired) electrons. The number of hydrogen-bond acceptors (Lipinski definition) is 4. The van der Waals surface area contributed by atoms with Crippen molar-refractivity contribution in [2.45, 2.75) is 6.92 Å². The smallest absolute Gasteiger partial charge is 0.242 e. The minimum atomic E-state index is -3.56. The quantitative estimate of drug-likeness (QED) is 0.720. The summed E-state index contributed by atoms with van der Waals surface area (Å²) < 4.78 is 27.5. The first-order valence-corrected chi connectivity index (χ1v) is 9.89. The van der Waals surface area contributed by atoms with E-state index in [1.165, 1.54) is 3.97 Å². The van der Waals surface area contributed by atoms with Crippen LogP contribution in [0, 0.1) is 6.92 Å². The molecule has 0 atom stereocenters. The number of nitrogens with one attached hydrogen (secondary N) is 1. The van der Waals surface area contributed by atoms with E-state index in [4.69, 9.17) is 0 Å². The molecule has 6 heteroatoms. The number of hydrogen-bond donors (Lipinski definition) is 1. The fraction of sp³-hybridized carbons (Fsp3) is 0.150. The molecule has 0 bridgehead atoms. The molecule has 3 aromatic rings. The highest BCUT2D eigenvalue weighted by Gasteiger charge is 2.22. The molecular formula is C20H21N3O2S. The Bertz CT molecular complexity index is 1010. The van der Waals surface area contributed by atoms with E-state index < -0.39 is 10.0 Å². The van der Waals surface area contributed by atoms with Gasteiger partial charge in [-0.2, -0.15) is 0 Å². The molecule has 134 valence electrons. The molecule has 1 N–H and O–H groups in total. The van der Waals surface area contributed by atoms with Gasteiger partial charge in [-0.1, -0.05) is 48.6 Å². The predicted octanol–water partition coefficient (Wildman–Crippen LogP) is 3.79. The van der Waals surface area contributed by atoms with Gasteiger partial charge in [-0.25, -0.2) is 12.4 Å². The molecule has 5 nitrogen and oxygen atoms in total. The maximum Gasteiger partial charge on any atom is 0.242 e. The largest absolute Gasteiger partial charge is 0.387 e. The summed E-state index contributed by atoms with van der Waals surface area (Å²) in [5.41, 5.74) is 3.84. The molecule has 2 aromatic heterocycles. The summed E-state index contributed by atoms with van der Waals surface area (Å²) >= 11 is 0. The summed E-state index contributed by atoms with van der Waals surface area (Å²) in [6.45, 7) is 1.81. The molecule has 0 unspecified atom stereocenters. The summed E-state index contributed by atoms with van der Waals surface area (Å²) in [7, 11) is -1.77. The molecule has 2 heterocycles. The van der Waals surface area contributed by atoms with Crippen molar-refractivity contribution in [2.75, 3.05) is 18.1 Å². The minimum absolute atomic E-state index is 0.0968. The highest BCUT2D eigenvalue weighted by Crippen LogP contribution is 2.30. The van der Waals surface area contributed by atoms with Crippen LogP contribution >= 0.6 is 0 Å². The topological polar surface area (TPSA) is 64.0 Å². The lowest BCUT2D eigenvalue weighted by Crippen LogP contribution is -2.18. The van der Waals surface area contributed by atoms with Crippen LogP contribution in [0.1, 0.15) is 11.3 Å². The maximum absolute atomic E-state index is 13.0. The fourth-order valence-electron chi connectivity index (χ4n) is 2.87. The molecule has 0 aliphatic rings. The highest BCUT2D eigenvalue weighted by molar-refractivity contribution is 7.90. The lowest BCUT2D eigenvalue weighted by molar-refractivity contribution is 0.590. The number of anilines is 1. The summed E-state index contributed by atoms with van der Waals surface area (Å²) in [6.07, 6.45) is 6.80. The summed E-state index contributed by atoms with van der Waals surface area (Å²) in [4.78, 5) is 4.03. The van der Waals surface area contributed by atoms with Crippen LogP contribution in [-0.4, -0.2) is 30.2 Å². The molecule has 1 aromatic carbocycles. The zero-order chi connectivity index (χ0) is 18.6. The molecule has 0 amide bonds. The summed E-state index contributed by atoms with van der Waals surface area (Å²) in [6, 6.07) is 15.1. The van der Waals surface area contributed by atoms with Gasteiger partial charge in [0.1, 0.15) is 0 Å². The Balaban J connectivity index is 1.99. The van der Waals surface area contributed by atoms with Crippen LogP contribution in [0.5, 0.6) is 0 Å². The Labute approximate surface area is 154 Å². The van der Waals surface area contributed by atoms with Crippen LogP contribution in [0.15, 0.2) is 67.0 Å². The highest BCUT2D eigenvalue weighted by atomic mass is 32.2. The number of rotatable bonds is 6. The molecule has 3 rings (SSSR count). The lowest BCUT2D eigenvalue weighted by Gasteiger charge is -2.11. The second kappa shape index (κ2) is 7.58. The number of benzene rings is 1. The molecule has 0 aliphatic heterocycles. The third-order valence-electron chi connectivity index (χ3n) is 4.11. The Kier molecular flexibility index (Phi) is 5.23. The lowest BCUT2D eigenvalue weighted by atomic mass is 10.1. The van der Waals surface area contributed by atoms with Crippen molar-refractivity contribution in [3.05, 3.63) is 78.3 Å². The summed E-state index contributed by atoms with van der Waals surface area (Å²) in [5.74, 6) is -0.0968. The van der Waals surface area contributed by atoms with Crippen molar-refractivity contribution in [1.82, 2.24) is 8.96 Å². The Morgan fingerprint density at radius 1 is 1.15 bits per heavy atom. The standard InChI is InChI=1S/C20H21N3O2S/c1-16-19(21-2)14-20(18-10-4-3-5-11-18)23(16)26(24,25)13-7-9-17-8-6-12-22-15-17/h3-12,14-15,21H,13H2,1-2H3. The zero-order valence-corrected chi connectivity index (χ0v) is 15.6. The van der Waals surface area contributed by atoms with Crippen LogP contribution in [0.2, 0.25) is 0 Å². The van der Waals surface area contributed by atoms with E-state index in [-0.39, 0.29) is 5.75 Å². The Hall–Kier alpha value is -2.86. The number of pyridine rings is 1. The van der Waals surface area contributed by atoms with Gasteiger partial charge in [0.05, 0.1) is 22.8 Å². The van der Waals surface area contributed by atoms with Crippen molar-refractivity contribution in [2.24, 2.45) is 0 Å². The van der Waals surface area contributed by atoms with E-state index in [9.17, 15) is 8.42 Å². The molecule has 0 spiro atoms. The molecule has 0 saturated heterocycles. The second-order valence-electron chi connectivity index (χ2n) is 5.88. The van der Waals surface area contributed by atoms with E-state index in [1.54, 1.807) is 38.5 Å². The Morgan fingerprint density at radius 3 is 2.58 bits per heavy atom. The zero-order valence-electron chi connectivity index (χ0n) is 14.8. The first-order valence-electron chi connectivity index (χ1n) is 8.28. The average molecular weight is 367 g/mol. The molecule has 26 heavy (non-hydrogen) atoms. The molecular weight excluding hydrogens is 346 g/mol. The van der Waals surface area contributed by atoms with Crippen molar-refractivity contribution in [1.29, 1.82) is 0 Å². The maximum atomic E-state index is 13.0. The third kappa shape index (κ3) is 3.70. The van der Waals surface area contributed by atoms with Crippen molar-refractivity contribution in [3.63, 3.8) is 0 Å². The van der Waals surface area contributed by atoms with Gasteiger partial charge in [-0.05, 0) is 30.2 Å². The van der Waals surface area contributed by atoms with Gasteiger partial charge in [0.2, 0.25) is 10.0 Å². The molecule has 0 fully saturated rings. The Morgan fingerprint density at radius 2 is 1.92 bits per heavy atom. The van der Waals surface area contributed by atoms with Gasteiger partial charge >= 0.3 is 0 Å². The molecule has 0 aliphatic carbocycles. The van der Waals surface area contributed by atoms with Crippen LogP contribution < -0.4 is 5.32 Å². The molecule has 0 saturated carbocycles. The van der Waals surface area contributed by atoms with Gasteiger partial charge in [0, 0.05) is 19.4 Å². The van der Waals surface area contributed by atoms with Gasteiger partial charge in [0.25, 0.3) is 0 Å². The van der Waals surface area contributed by atoms with Crippen LogP contribution in [0.3, 0.4) is 0 Å². The van der Waals surface area contributed by atoms with Crippen molar-refractivity contribution in [3.8, 4) is 11.3 Å². The van der Waals surface area contributed by atoms with Crippen LogP contribution in [0.4, 0.5) is 5.69 Å². The van der Waals surface area contributed by atoms with E-state index in [0.29, 0.717) is 11.4 Å². The monoisotopic (exact) mass is 367 g/mol. The SMILES string of the molecule is CNc1cc(-c2ccccc2)n(S(=O)(=O)CC=Cc2cccnc2)c1C. The van der Waals surface area contributed by atoms with Crippen LogP contribution in [0.25, 0.3) is 17.3 Å². The van der Waals surface area contributed by atoms with E-state index in [1.807, 2.05) is 48.5 Å². The second-order valence-corrected chi connectivity index (χ2v) is 7.74. The van der Waals surface area contributed by atoms with Crippen LogP contribution in [-0.2, 0) is 10.0 Å². The van der Waals surface area contributed by atoms with Crippen molar-refractivity contribution < 1.29 is 8.42 Å². The van der Waals surface area contributed by atoms with Gasteiger partial charge in [-0.15, -0.1) is 0 Å². The van der Waals surface area contributed by atoms with Gasteiger partial charge in [0.15, 0.2) is 0 Å². The third-order valence-corrected chi connectivity index (χ3v) is 5.75. The van der Waals surface area contributed by atoms with Gasteiger partial charge in [-0.3, -0.25) is 4.98 Å². The number of aromatic nitrogens is 2. The van der Waals surface area contributed by atoms with Gasteiger partial charge < -0.3 is 5.32 Å². The van der Waals surface area contributed by atoms with E-state index in [2.05, 4.69) is 10.3 Å². The average Bonchev–Trinajstić information content (AvgIpc) is 3.00. The fourth-order valence-corrected chi connectivity index (χ4v) is 4.33. The first-order chi connectivity index (χ1) is 12.5. The number of nitrogens with zero attached hydrogens (tertiary/aromatic N) is 2. The van der Waals surface area contributed by atoms with Crippen molar-refractivity contribution >= 4 is 21.8 Å². The predicted molar refractivity (Wildman–Crippen MR) is 107 cm³/mol.